The van der Waals surface area contributed by atoms with Crippen molar-refractivity contribution in [3.63, 3.8) is 0 Å². The average Bonchev–Trinajstić information content (AvgIpc) is 3.40. The second kappa shape index (κ2) is 7.32. The first-order valence-electron chi connectivity index (χ1n) is 8.60. The zero-order chi connectivity index (χ0) is 17.1. The summed E-state index contributed by atoms with van der Waals surface area (Å²) >= 11 is 0. The highest BCUT2D eigenvalue weighted by Crippen LogP contribution is 2.23. The standard InChI is InChI=1S/C18H25N3O3/c1-11-2-3-13(17(22)20-14-4-5-14)10-15(11)21-18(23)16(19)12-6-8-24-9-7-12/h2-3,10,12,14,16H,4-9,19H2,1H3,(H,20,22)(H,21,23). The molecule has 1 aromatic rings. The van der Waals surface area contributed by atoms with Crippen LogP contribution in [0.1, 0.15) is 41.6 Å². The number of nitrogens with two attached hydrogens (primary N) is 1. The predicted octanol–water partition coefficient (Wildman–Crippen LogP) is 1.58. The normalized spacial score (nSPS) is 19.6. The third kappa shape index (κ3) is 4.13. The Balaban J connectivity index is 1.66. The van der Waals surface area contributed by atoms with Crippen LogP contribution in [-0.2, 0) is 9.53 Å². The number of carbonyl (C=O) groups is 2. The van der Waals surface area contributed by atoms with E-state index in [4.69, 9.17) is 10.5 Å². The molecule has 130 valence electrons. The fourth-order valence-corrected chi connectivity index (χ4v) is 2.90. The van der Waals surface area contributed by atoms with Crippen molar-refractivity contribution < 1.29 is 14.3 Å². The van der Waals surface area contributed by atoms with Gasteiger partial charge in [-0.15, -0.1) is 0 Å². The van der Waals surface area contributed by atoms with E-state index in [2.05, 4.69) is 10.6 Å². The Labute approximate surface area is 142 Å². The molecule has 2 fully saturated rings. The molecule has 1 aliphatic heterocycles. The van der Waals surface area contributed by atoms with Crippen molar-refractivity contribution in [2.75, 3.05) is 18.5 Å². The summed E-state index contributed by atoms with van der Waals surface area (Å²) < 4.78 is 5.31. The zero-order valence-corrected chi connectivity index (χ0v) is 14.0. The van der Waals surface area contributed by atoms with E-state index in [-0.39, 0.29) is 17.7 Å². The summed E-state index contributed by atoms with van der Waals surface area (Å²) in [4.78, 5) is 24.6. The molecule has 0 spiro atoms. The highest BCUT2D eigenvalue weighted by Gasteiger charge is 2.27. The van der Waals surface area contributed by atoms with Gasteiger partial charge in [0.15, 0.2) is 0 Å². The van der Waals surface area contributed by atoms with Gasteiger partial charge in [-0.3, -0.25) is 9.59 Å². The Morgan fingerprint density at radius 1 is 1.21 bits per heavy atom. The van der Waals surface area contributed by atoms with E-state index in [1.807, 2.05) is 13.0 Å². The van der Waals surface area contributed by atoms with Crippen molar-refractivity contribution in [1.29, 1.82) is 0 Å². The number of hydrogen-bond donors (Lipinski definition) is 3. The Bertz CT molecular complexity index is 622. The van der Waals surface area contributed by atoms with E-state index in [1.54, 1.807) is 12.1 Å². The lowest BCUT2D eigenvalue weighted by molar-refractivity contribution is -0.119. The fourth-order valence-electron chi connectivity index (χ4n) is 2.90. The van der Waals surface area contributed by atoms with Crippen LogP contribution < -0.4 is 16.4 Å². The molecule has 1 unspecified atom stereocenters. The number of carbonyl (C=O) groups excluding carboxylic acids is 2. The van der Waals surface area contributed by atoms with Gasteiger partial charge < -0.3 is 21.1 Å². The minimum Gasteiger partial charge on any atom is -0.381 e. The second-order valence-corrected chi connectivity index (χ2v) is 6.74. The Morgan fingerprint density at radius 2 is 1.92 bits per heavy atom. The number of ether oxygens (including phenoxy) is 1. The molecule has 1 aliphatic carbocycles. The molecule has 1 saturated heterocycles. The van der Waals surface area contributed by atoms with E-state index in [0.717, 1.165) is 31.2 Å². The Hall–Kier alpha value is -1.92. The van der Waals surface area contributed by atoms with Crippen molar-refractivity contribution in [3.8, 4) is 0 Å². The first-order valence-corrected chi connectivity index (χ1v) is 8.60. The monoisotopic (exact) mass is 331 g/mol. The van der Waals surface area contributed by atoms with Crippen LogP contribution >= 0.6 is 0 Å². The maximum absolute atomic E-state index is 12.5. The van der Waals surface area contributed by atoms with E-state index in [9.17, 15) is 9.59 Å². The number of aryl methyl sites for hydroxylation is 1. The first kappa shape index (κ1) is 16.9. The van der Waals surface area contributed by atoms with Gasteiger partial charge in [-0.1, -0.05) is 6.07 Å². The van der Waals surface area contributed by atoms with Gasteiger partial charge in [0.1, 0.15) is 0 Å². The van der Waals surface area contributed by atoms with Gasteiger partial charge in [0.25, 0.3) is 5.91 Å². The smallest absolute Gasteiger partial charge is 0.251 e. The molecule has 6 heteroatoms. The Kier molecular flexibility index (Phi) is 5.16. The van der Waals surface area contributed by atoms with E-state index in [1.165, 1.54) is 0 Å². The van der Waals surface area contributed by atoms with Crippen LogP contribution in [0.15, 0.2) is 18.2 Å². The molecule has 1 heterocycles. The Morgan fingerprint density at radius 3 is 2.58 bits per heavy atom. The van der Waals surface area contributed by atoms with Crippen molar-refractivity contribution in [2.24, 2.45) is 11.7 Å². The summed E-state index contributed by atoms with van der Waals surface area (Å²) in [6, 6.07) is 5.09. The molecule has 3 rings (SSSR count). The molecule has 0 radical (unpaired) electrons. The molecule has 2 amide bonds. The number of amides is 2. The number of benzene rings is 1. The van der Waals surface area contributed by atoms with Crippen LogP contribution in [-0.4, -0.2) is 37.1 Å². The van der Waals surface area contributed by atoms with Crippen LogP contribution in [0.3, 0.4) is 0 Å². The second-order valence-electron chi connectivity index (χ2n) is 6.74. The largest absolute Gasteiger partial charge is 0.381 e. The topological polar surface area (TPSA) is 93.5 Å². The molecule has 1 aromatic carbocycles. The number of rotatable bonds is 5. The van der Waals surface area contributed by atoms with Gasteiger partial charge in [0.05, 0.1) is 6.04 Å². The average molecular weight is 331 g/mol. The summed E-state index contributed by atoms with van der Waals surface area (Å²) in [5, 5.41) is 5.84. The maximum atomic E-state index is 12.5. The molecule has 0 aromatic heterocycles. The highest BCUT2D eigenvalue weighted by molar-refractivity contribution is 5.99. The lowest BCUT2D eigenvalue weighted by Gasteiger charge is -2.27. The van der Waals surface area contributed by atoms with Gasteiger partial charge >= 0.3 is 0 Å². The predicted molar refractivity (Wildman–Crippen MR) is 91.8 cm³/mol. The molecule has 1 saturated carbocycles. The van der Waals surface area contributed by atoms with Gasteiger partial charge in [0.2, 0.25) is 5.91 Å². The lowest BCUT2D eigenvalue weighted by Crippen LogP contribution is -2.44. The molecular formula is C18H25N3O3. The van der Waals surface area contributed by atoms with Crippen LogP contribution in [0.2, 0.25) is 0 Å². The summed E-state index contributed by atoms with van der Waals surface area (Å²) in [6.45, 7) is 3.21. The van der Waals surface area contributed by atoms with Crippen molar-refractivity contribution in [1.82, 2.24) is 5.32 Å². The van der Waals surface area contributed by atoms with Crippen molar-refractivity contribution >= 4 is 17.5 Å². The SMILES string of the molecule is Cc1ccc(C(=O)NC2CC2)cc1NC(=O)C(N)C1CCOCC1. The van der Waals surface area contributed by atoms with Gasteiger partial charge in [-0.2, -0.15) is 0 Å². The fraction of sp³-hybridized carbons (Fsp3) is 0.556. The summed E-state index contributed by atoms with van der Waals surface area (Å²) in [7, 11) is 0. The van der Waals surface area contributed by atoms with Gasteiger partial charge in [-0.25, -0.2) is 0 Å². The van der Waals surface area contributed by atoms with E-state index < -0.39 is 6.04 Å². The third-order valence-corrected chi connectivity index (χ3v) is 4.75. The molecular weight excluding hydrogens is 306 g/mol. The quantitative estimate of drug-likeness (QED) is 0.763. The lowest BCUT2D eigenvalue weighted by atomic mass is 9.91. The van der Waals surface area contributed by atoms with E-state index >= 15 is 0 Å². The molecule has 6 nitrogen and oxygen atoms in total. The molecule has 24 heavy (non-hydrogen) atoms. The van der Waals surface area contributed by atoms with Crippen molar-refractivity contribution in [3.05, 3.63) is 29.3 Å². The number of nitrogens with one attached hydrogen (secondary N) is 2. The van der Waals surface area contributed by atoms with E-state index in [0.29, 0.717) is 30.5 Å². The van der Waals surface area contributed by atoms with Gasteiger partial charge in [-0.05, 0) is 56.2 Å². The summed E-state index contributed by atoms with van der Waals surface area (Å²) in [5.74, 6) is -0.160. The minimum absolute atomic E-state index is 0.0956. The van der Waals surface area contributed by atoms with Crippen LogP contribution in [0.4, 0.5) is 5.69 Å². The zero-order valence-electron chi connectivity index (χ0n) is 14.0. The molecule has 0 bridgehead atoms. The third-order valence-electron chi connectivity index (χ3n) is 4.75. The van der Waals surface area contributed by atoms with Crippen LogP contribution in [0, 0.1) is 12.8 Å². The molecule has 1 atom stereocenters. The van der Waals surface area contributed by atoms with Crippen LogP contribution in [0.5, 0.6) is 0 Å². The van der Waals surface area contributed by atoms with Gasteiger partial charge in [0, 0.05) is 30.5 Å². The summed E-state index contributed by atoms with van der Waals surface area (Å²) in [5.41, 5.74) is 8.23. The first-order chi connectivity index (χ1) is 11.5. The molecule has 2 aliphatic rings. The minimum atomic E-state index is -0.558. The molecule has 4 N–H and O–H groups in total. The van der Waals surface area contributed by atoms with Crippen molar-refractivity contribution in [2.45, 2.75) is 44.7 Å². The number of anilines is 1. The highest BCUT2D eigenvalue weighted by atomic mass is 16.5. The number of hydrogen-bond acceptors (Lipinski definition) is 4. The summed E-state index contributed by atoms with van der Waals surface area (Å²) in [6.07, 6.45) is 3.69. The maximum Gasteiger partial charge on any atom is 0.251 e. The van der Waals surface area contributed by atoms with Crippen LogP contribution in [0.25, 0.3) is 0 Å².